The third-order valence-electron chi connectivity index (χ3n) is 5.18. The number of ether oxygens (including phenoxy) is 4. The number of alkyl halides is 1. The van der Waals surface area contributed by atoms with Crippen LogP contribution in [0.5, 0.6) is 0 Å². The quantitative estimate of drug-likeness (QED) is 0.645. The lowest BCUT2D eigenvalue weighted by atomic mass is 10.1. The number of benzene rings is 1. The van der Waals surface area contributed by atoms with E-state index in [1.165, 1.54) is 11.1 Å². The Balaban J connectivity index is 2.11. The summed E-state index contributed by atoms with van der Waals surface area (Å²) in [7, 11) is 3.21. The molecule has 4 atom stereocenters. The van der Waals surface area contributed by atoms with E-state index >= 15 is 0 Å². The van der Waals surface area contributed by atoms with Crippen molar-refractivity contribution in [2.75, 3.05) is 34.0 Å². The molecule has 0 unspecified atom stereocenters. The van der Waals surface area contributed by atoms with Crippen LogP contribution in [0.4, 0.5) is 0 Å². The number of nitrogens with one attached hydrogen (secondary N) is 1. The van der Waals surface area contributed by atoms with Crippen LogP contribution in [0.15, 0.2) is 24.3 Å². The van der Waals surface area contributed by atoms with E-state index in [9.17, 15) is 4.79 Å². The molecule has 1 fully saturated rings. The van der Waals surface area contributed by atoms with Crippen LogP contribution in [0.2, 0.25) is 0 Å². The summed E-state index contributed by atoms with van der Waals surface area (Å²) >= 11 is 3.49. The van der Waals surface area contributed by atoms with Gasteiger partial charge in [-0.15, -0.1) is 0 Å². The van der Waals surface area contributed by atoms with Crippen molar-refractivity contribution in [1.82, 2.24) is 10.2 Å². The molecule has 1 aliphatic rings. The van der Waals surface area contributed by atoms with E-state index in [2.05, 4.69) is 57.3 Å². The minimum absolute atomic E-state index is 0.125. The Labute approximate surface area is 188 Å². The second-order valence-corrected chi connectivity index (χ2v) is 8.29. The van der Waals surface area contributed by atoms with Crippen molar-refractivity contribution in [3.8, 4) is 0 Å². The van der Waals surface area contributed by atoms with Crippen LogP contribution in [-0.4, -0.2) is 69.4 Å². The summed E-state index contributed by atoms with van der Waals surface area (Å²) in [6.07, 6.45) is -0.0371. The van der Waals surface area contributed by atoms with Gasteiger partial charge in [0, 0.05) is 51.1 Å². The molecule has 1 amide bonds. The number of carbonyl (C=O) groups is 1. The summed E-state index contributed by atoms with van der Waals surface area (Å²) < 4.78 is 22.7. The van der Waals surface area contributed by atoms with Crippen LogP contribution < -0.4 is 5.32 Å². The molecule has 0 aromatic heterocycles. The van der Waals surface area contributed by atoms with Crippen molar-refractivity contribution >= 4 is 21.8 Å². The summed E-state index contributed by atoms with van der Waals surface area (Å²) in [5.74, 6) is -0.125. The Morgan fingerprint density at radius 3 is 2.33 bits per heavy atom. The Kier molecular flexibility index (Phi) is 11.3. The molecule has 1 aromatic carbocycles. The lowest BCUT2D eigenvalue weighted by Crippen LogP contribution is -2.43. The fourth-order valence-corrected chi connectivity index (χ4v) is 3.68. The minimum atomic E-state index is -0.574. The van der Waals surface area contributed by atoms with Gasteiger partial charge in [-0.3, -0.25) is 9.69 Å². The number of amides is 1. The Morgan fingerprint density at radius 2 is 1.70 bits per heavy atom. The highest BCUT2D eigenvalue weighted by molar-refractivity contribution is 9.08. The van der Waals surface area contributed by atoms with Gasteiger partial charge in [-0.25, -0.2) is 0 Å². The molecule has 30 heavy (non-hydrogen) atoms. The van der Waals surface area contributed by atoms with Gasteiger partial charge in [0.05, 0.1) is 19.6 Å². The van der Waals surface area contributed by atoms with Crippen molar-refractivity contribution < 1.29 is 23.7 Å². The smallest absolute Gasteiger partial charge is 0.225 e. The van der Waals surface area contributed by atoms with Gasteiger partial charge in [-0.2, -0.15) is 0 Å². The van der Waals surface area contributed by atoms with Crippen LogP contribution >= 0.6 is 15.9 Å². The topological polar surface area (TPSA) is 69.3 Å². The second-order valence-electron chi connectivity index (χ2n) is 7.73. The van der Waals surface area contributed by atoms with Crippen LogP contribution in [0.25, 0.3) is 0 Å². The zero-order valence-corrected chi connectivity index (χ0v) is 20.0. The van der Waals surface area contributed by atoms with Crippen molar-refractivity contribution in [2.24, 2.45) is 0 Å². The molecule has 7 nitrogen and oxygen atoms in total. The van der Waals surface area contributed by atoms with E-state index in [-0.39, 0.29) is 30.7 Å². The summed E-state index contributed by atoms with van der Waals surface area (Å²) in [5, 5.41) is 3.76. The Morgan fingerprint density at radius 1 is 1.07 bits per heavy atom. The molecular formula is C22H35BrN2O5. The highest BCUT2D eigenvalue weighted by Crippen LogP contribution is 2.15. The van der Waals surface area contributed by atoms with Gasteiger partial charge in [0.1, 0.15) is 0 Å². The maximum absolute atomic E-state index is 12.3. The van der Waals surface area contributed by atoms with Crippen molar-refractivity contribution in [3.05, 3.63) is 35.4 Å². The molecule has 1 saturated heterocycles. The number of halogens is 1. The van der Waals surface area contributed by atoms with Gasteiger partial charge >= 0.3 is 0 Å². The summed E-state index contributed by atoms with van der Waals surface area (Å²) in [6.45, 7) is 6.45. The molecule has 0 radical (unpaired) electrons. The lowest BCUT2D eigenvalue weighted by molar-refractivity contribution is -0.159. The molecule has 0 bridgehead atoms. The van der Waals surface area contributed by atoms with Crippen LogP contribution in [-0.2, 0) is 35.6 Å². The third-order valence-corrected chi connectivity index (χ3v) is 5.83. The highest BCUT2D eigenvalue weighted by Gasteiger charge is 2.22. The zero-order chi connectivity index (χ0) is 21.9. The third kappa shape index (κ3) is 8.61. The van der Waals surface area contributed by atoms with E-state index in [0.29, 0.717) is 19.6 Å². The van der Waals surface area contributed by atoms with E-state index in [1.54, 1.807) is 14.2 Å². The van der Waals surface area contributed by atoms with E-state index in [0.717, 1.165) is 18.4 Å². The predicted molar refractivity (Wildman–Crippen MR) is 119 cm³/mol. The first-order valence-electron chi connectivity index (χ1n) is 10.4. The standard InChI is InChI=1S/C22H35BrN2O5/c1-16-14-29-21(27-3)9-10-25(13-19-7-5-18(12-23)6-8-19)17(2)15-30-22(28-4)11-20(26)24-16/h5-8,16-17,21-22H,9-15H2,1-4H3,(H,24,26)/t16-,17-,21+,22-/m0/s1. The molecule has 8 heteroatoms. The van der Waals surface area contributed by atoms with Gasteiger partial charge in [0.2, 0.25) is 5.91 Å². The molecule has 0 spiro atoms. The van der Waals surface area contributed by atoms with Crippen LogP contribution in [0, 0.1) is 0 Å². The van der Waals surface area contributed by atoms with Crippen molar-refractivity contribution in [2.45, 2.75) is 63.2 Å². The predicted octanol–water partition coefficient (Wildman–Crippen LogP) is 3.05. The summed E-state index contributed by atoms with van der Waals surface area (Å²) in [4.78, 5) is 14.6. The molecular weight excluding hydrogens is 452 g/mol. The largest absolute Gasteiger partial charge is 0.356 e. The first-order valence-corrected chi connectivity index (χ1v) is 11.5. The number of nitrogens with zero attached hydrogens (tertiary/aromatic N) is 1. The molecule has 0 saturated carbocycles. The number of rotatable bonds is 5. The number of hydrogen-bond donors (Lipinski definition) is 1. The van der Waals surface area contributed by atoms with E-state index < -0.39 is 6.29 Å². The van der Waals surface area contributed by atoms with Crippen LogP contribution in [0.1, 0.15) is 37.8 Å². The maximum Gasteiger partial charge on any atom is 0.225 e. The molecule has 2 rings (SSSR count). The van der Waals surface area contributed by atoms with Gasteiger partial charge in [0.15, 0.2) is 12.6 Å². The first kappa shape index (κ1) is 25.2. The first-order chi connectivity index (χ1) is 14.4. The molecule has 0 aliphatic carbocycles. The van der Waals surface area contributed by atoms with Crippen molar-refractivity contribution in [1.29, 1.82) is 0 Å². The SMILES string of the molecule is CO[C@H]1CCN(Cc2ccc(CBr)cc2)[C@@H](C)CO[C@H](OC)CC(=O)N[C@@H](C)CO1. The lowest BCUT2D eigenvalue weighted by Gasteiger charge is -2.32. The molecule has 1 heterocycles. The maximum atomic E-state index is 12.3. The number of carbonyl (C=O) groups excluding carboxylic acids is 1. The fourth-order valence-electron chi connectivity index (χ4n) is 3.30. The van der Waals surface area contributed by atoms with Gasteiger partial charge in [-0.1, -0.05) is 40.2 Å². The van der Waals surface area contributed by atoms with E-state index in [1.807, 2.05) is 6.92 Å². The number of hydrogen-bond acceptors (Lipinski definition) is 6. The average molecular weight is 487 g/mol. The monoisotopic (exact) mass is 486 g/mol. The average Bonchev–Trinajstić information content (AvgIpc) is 2.75. The van der Waals surface area contributed by atoms with Crippen LogP contribution in [0.3, 0.4) is 0 Å². The highest BCUT2D eigenvalue weighted by atomic mass is 79.9. The molecule has 1 aromatic rings. The van der Waals surface area contributed by atoms with Gasteiger partial charge < -0.3 is 24.3 Å². The normalized spacial score (nSPS) is 28.0. The minimum Gasteiger partial charge on any atom is -0.356 e. The summed E-state index contributed by atoms with van der Waals surface area (Å²) in [5.41, 5.74) is 2.48. The fraction of sp³-hybridized carbons (Fsp3) is 0.682. The molecule has 170 valence electrons. The zero-order valence-electron chi connectivity index (χ0n) is 18.4. The Bertz CT molecular complexity index is 630. The summed E-state index contributed by atoms with van der Waals surface area (Å²) in [6, 6.07) is 8.59. The Hall–Kier alpha value is -1.03. The molecule has 1 aliphatic heterocycles. The van der Waals surface area contributed by atoms with E-state index in [4.69, 9.17) is 18.9 Å². The van der Waals surface area contributed by atoms with Crippen molar-refractivity contribution in [3.63, 3.8) is 0 Å². The number of methoxy groups -OCH3 is 2. The van der Waals surface area contributed by atoms with Gasteiger partial charge in [0.25, 0.3) is 0 Å². The van der Waals surface area contributed by atoms with Gasteiger partial charge in [-0.05, 0) is 25.0 Å². The second kappa shape index (κ2) is 13.4. The molecule has 1 N–H and O–H groups in total.